The molecule has 0 bridgehead atoms. The van der Waals surface area contributed by atoms with Gasteiger partial charge in [-0.2, -0.15) is 0 Å². The Hall–Kier alpha value is -2.79. The van der Waals surface area contributed by atoms with E-state index in [1.807, 2.05) is 49.4 Å². The summed E-state index contributed by atoms with van der Waals surface area (Å²) in [7, 11) is 0. The Labute approximate surface area is 189 Å². The highest BCUT2D eigenvalue weighted by Gasteiger charge is 2.62. The second-order valence-corrected chi connectivity index (χ2v) is 9.32. The van der Waals surface area contributed by atoms with E-state index in [-0.39, 0.29) is 29.6 Å². The topological polar surface area (TPSA) is 76.5 Å². The third-order valence-corrected chi connectivity index (χ3v) is 7.34. The van der Waals surface area contributed by atoms with E-state index >= 15 is 0 Å². The number of aliphatic hydroxyl groups is 1. The van der Waals surface area contributed by atoms with E-state index in [0.717, 1.165) is 23.2 Å². The third-order valence-electron chi connectivity index (χ3n) is 7.34. The van der Waals surface area contributed by atoms with E-state index < -0.39 is 11.6 Å². The molecule has 0 amide bonds. The van der Waals surface area contributed by atoms with E-state index in [9.17, 15) is 14.7 Å². The van der Waals surface area contributed by atoms with Crippen LogP contribution in [0.15, 0.2) is 48.7 Å². The van der Waals surface area contributed by atoms with Gasteiger partial charge in [0, 0.05) is 23.2 Å². The lowest BCUT2D eigenvalue weighted by Gasteiger charge is -2.45. The molecule has 1 aromatic heterocycles. The molecule has 2 aliphatic rings. The van der Waals surface area contributed by atoms with Gasteiger partial charge < -0.3 is 9.84 Å². The van der Waals surface area contributed by atoms with Crippen LogP contribution in [-0.4, -0.2) is 33.5 Å². The summed E-state index contributed by atoms with van der Waals surface area (Å²) in [5, 5.41) is 11.2. The molecule has 5 nitrogen and oxygen atoms in total. The number of Topliss-reactive ketones (excluding diaryl/α,β-unsaturated/α-hetero) is 1. The van der Waals surface area contributed by atoms with Crippen LogP contribution >= 0.6 is 0 Å². The van der Waals surface area contributed by atoms with Crippen molar-refractivity contribution in [2.24, 2.45) is 23.7 Å². The Morgan fingerprint density at radius 2 is 2.00 bits per heavy atom. The number of ether oxygens (including phenoxy) is 1. The summed E-state index contributed by atoms with van der Waals surface area (Å²) in [6.07, 6.45) is 6.96. The van der Waals surface area contributed by atoms with Gasteiger partial charge in [-0.05, 0) is 55.7 Å². The first-order chi connectivity index (χ1) is 15.3. The van der Waals surface area contributed by atoms with Gasteiger partial charge in [-0.3, -0.25) is 9.78 Å². The fourth-order valence-corrected chi connectivity index (χ4v) is 5.86. The molecule has 0 radical (unpaired) electrons. The van der Waals surface area contributed by atoms with Gasteiger partial charge in [0.15, 0.2) is 11.4 Å². The van der Waals surface area contributed by atoms with Crippen molar-refractivity contribution in [2.45, 2.75) is 52.2 Å². The van der Waals surface area contributed by atoms with E-state index in [0.29, 0.717) is 17.9 Å². The zero-order valence-corrected chi connectivity index (χ0v) is 19.1. The van der Waals surface area contributed by atoms with Gasteiger partial charge in [-0.15, -0.1) is 0 Å². The largest absolute Gasteiger partial charge is 0.460 e. The van der Waals surface area contributed by atoms with Gasteiger partial charge in [0.2, 0.25) is 0 Å². The highest BCUT2D eigenvalue weighted by molar-refractivity contribution is 6.00. The van der Waals surface area contributed by atoms with E-state index in [4.69, 9.17) is 4.74 Å². The van der Waals surface area contributed by atoms with Crippen molar-refractivity contribution in [3.8, 4) is 11.1 Å². The van der Waals surface area contributed by atoms with Crippen molar-refractivity contribution in [1.82, 2.24) is 4.98 Å². The van der Waals surface area contributed by atoms with Crippen LogP contribution in [0.3, 0.4) is 0 Å². The van der Waals surface area contributed by atoms with Gasteiger partial charge in [-0.1, -0.05) is 56.7 Å². The molecule has 5 heteroatoms. The van der Waals surface area contributed by atoms with Crippen LogP contribution in [0.4, 0.5) is 0 Å². The van der Waals surface area contributed by atoms with Crippen molar-refractivity contribution in [2.75, 3.05) is 0 Å². The number of benzene rings is 1. The number of cyclic esters (lactones) is 1. The summed E-state index contributed by atoms with van der Waals surface area (Å²) < 4.78 is 5.46. The zero-order chi connectivity index (χ0) is 23.0. The molecule has 2 heterocycles. The van der Waals surface area contributed by atoms with E-state index in [2.05, 4.69) is 24.9 Å². The molecule has 2 fully saturated rings. The zero-order valence-electron chi connectivity index (χ0n) is 19.1. The second-order valence-electron chi connectivity index (χ2n) is 9.32. The molecule has 1 aliphatic carbocycles. The van der Waals surface area contributed by atoms with Crippen molar-refractivity contribution in [3.63, 3.8) is 0 Å². The van der Waals surface area contributed by atoms with Crippen LogP contribution in [0.5, 0.6) is 0 Å². The van der Waals surface area contributed by atoms with Crippen LogP contribution < -0.4 is 0 Å². The minimum absolute atomic E-state index is 0.0233. The first kappa shape index (κ1) is 22.4. The van der Waals surface area contributed by atoms with Crippen molar-refractivity contribution in [1.29, 1.82) is 0 Å². The SMILES string of the molecule is CCC1C(C)CC2(O)C(=O)O[C@H](C)C2C1/C=C/c1ccc(-c2ccccc2C(C)=O)cn1. The van der Waals surface area contributed by atoms with Crippen LogP contribution in [-0.2, 0) is 9.53 Å². The molecule has 4 rings (SSSR count). The lowest BCUT2D eigenvalue weighted by atomic mass is 9.59. The molecule has 6 atom stereocenters. The Bertz CT molecular complexity index is 1040. The quantitative estimate of drug-likeness (QED) is 0.534. The van der Waals surface area contributed by atoms with Crippen LogP contribution in [0.1, 0.15) is 56.6 Å². The summed E-state index contributed by atoms with van der Waals surface area (Å²) >= 11 is 0. The normalized spacial score (nSPS) is 32.0. The number of esters is 1. The highest BCUT2D eigenvalue weighted by Crippen LogP contribution is 2.52. The van der Waals surface area contributed by atoms with Crippen molar-refractivity contribution >= 4 is 17.8 Å². The molecule has 168 valence electrons. The summed E-state index contributed by atoms with van der Waals surface area (Å²) in [6, 6.07) is 11.4. The summed E-state index contributed by atoms with van der Waals surface area (Å²) in [4.78, 5) is 29.0. The minimum atomic E-state index is -1.41. The first-order valence-corrected chi connectivity index (χ1v) is 11.4. The molecular formula is C27H31NO4. The van der Waals surface area contributed by atoms with Crippen molar-refractivity contribution < 1.29 is 19.4 Å². The van der Waals surface area contributed by atoms with Crippen LogP contribution in [0, 0.1) is 23.7 Å². The maximum Gasteiger partial charge on any atom is 0.338 e. The fourth-order valence-electron chi connectivity index (χ4n) is 5.86. The van der Waals surface area contributed by atoms with Crippen LogP contribution in [0.25, 0.3) is 17.2 Å². The first-order valence-electron chi connectivity index (χ1n) is 11.4. The molecule has 1 saturated heterocycles. The van der Waals surface area contributed by atoms with E-state index in [1.165, 1.54) is 0 Å². The Morgan fingerprint density at radius 3 is 2.66 bits per heavy atom. The lowest BCUT2D eigenvalue weighted by molar-refractivity contribution is -0.160. The molecule has 1 aliphatic heterocycles. The van der Waals surface area contributed by atoms with E-state index in [1.54, 1.807) is 13.1 Å². The molecule has 1 N–H and O–H groups in total. The fraction of sp³-hybridized carbons (Fsp3) is 0.444. The number of hydrogen-bond acceptors (Lipinski definition) is 5. The molecule has 5 unspecified atom stereocenters. The number of rotatable bonds is 5. The highest BCUT2D eigenvalue weighted by atomic mass is 16.6. The predicted octanol–water partition coefficient (Wildman–Crippen LogP) is 4.94. The van der Waals surface area contributed by atoms with Gasteiger partial charge in [0.25, 0.3) is 0 Å². The monoisotopic (exact) mass is 433 g/mol. The Balaban J connectivity index is 1.62. The number of fused-ring (bicyclic) bond motifs is 1. The Kier molecular flexibility index (Phi) is 6.04. The smallest absolute Gasteiger partial charge is 0.338 e. The minimum Gasteiger partial charge on any atom is -0.460 e. The molecule has 2 aromatic rings. The molecular weight excluding hydrogens is 402 g/mol. The van der Waals surface area contributed by atoms with Crippen molar-refractivity contribution in [3.05, 3.63) is 59.9 Å². The number of ketones is 1. The summed E-state index contributed by atoms with van der Waals surface area (Å²) in [5.74, 6) is -0.121. The number of carbonyl (C=O) groups excluding carboxylic acids is 2. The summed E-state index contributed by atoms with van der Waals surface area (Å²) in [5.41, 5.74) is 1.83. The Morgan fingerprint density at radius 1 is 1.25 bits per heavy atom. The molecule has 1 aromatic carbocycles. The van der Waals surface area contributed by atoms with Gasteiger partial charge >= 0.3 is 5.97 Å². The maximum absolute atomic E-state index is 12.4. The average Bonchev–Trinajstić information content (AvgIpc) is 2.99. The third kappa shape index (κ3) is 3.79. The number of allylic oxidation sites excluding steroid dienone is 1. The molecule has 1 saturated carbocycles. The standard InChI is InChI=1S/C27H31NO4/c1-5-21-16(2)14-27(31)25(18(4)32-26(27)30)24(21)13-12-20-11-10-19(15-28-20)23-9-7-6-8-22(23)17(3)29/h6-13,15-16,18,21,24-25,31H,5,14H2,1-4H3/b13-12+/t16?,18-,21?,24?,25?,27?/m1/s1. The lowest BCUT2D eigenvalue weighted by Crippen LogP contribution is -2.53. The number of carbonyl (C=O) groups is 2. The number of aromatic nitrogens is 1. The predicted molar refractivity (Wildman–Crippen MR) is 124 cm³/mol. The molecule has 32 heavy (non-hydrogen) atoms. The number of pyridine rings is 1. The molecule has 0 spiro atoms. The van der Waals surface area contributed by atoms with Gasteiger partial charge in [0.1, 0.15) is 6.10 Å². The van der Waals surface area contributed by atoms with Crippen LogP contribution in [0.2, 0.25) is 0 Å². The van der Waals surface area contributed by atoms with Gasteiger partial charge in [-0.25, -0.2) is 4.79 Å². The second kappa shape index (κ2) is 8.62. The average molecular weight is 434 g/mol. The summed E-state index contributed by atoms with van der Waals surface area (Å²) in [6.45, 7) is 7.72. The maximum atomic E-state index is 12.4. The van der Waals surface area contributed by atoms with Gasteiger partial charge in [0.05, 0.1) is 5.69 Å². The number of nitrogens with zero attached hydrogens (tertiary/aromatic N) is 1. The number of hydrogen-bond donors (Lipinski definition) is 1.